The molecule has 0 atom stereocenters. The minimum Gasteiger partial charge on any atom is -0.497 e. The first kappa shape index (κ1) is 22.1. The van der Waals surface area contributed by atoms with Gasteiger partial charge in [0.15, 0.2) is 0 Å². The maximum atomic E-state index is 13.3. The maximum absolute atomic E-state index is 13.3. The van der Waals surface area contributed by atoms with E-state index in [0.29, 0.717) is 40.7 Å². The molecule has 0 aliphatic heterocycles. The number of methoxy groups -OCH3 is 3. The van der Waals surface area contributed by atoms with Gasteiger partial charge in [-0.05, 0) is 37.6 Å². The molecule has 0 aliphatic rings. The molecule has 0 spiro atoms. The molecule has 4 rings (SSSR count). The van der Waals surface area contributed by atoms with Gasteiger partial charge >= 0.3 is 0 Å². The molecule has 4 aromatic rings. The first-order valence-electron chi connectivity index (χ1n) is 10.4. The summed E-state index contributed by atoms with van der Waals surface area (Å²) in [5.74, 6) is 1.55. The quantitative estimate of drug-likeness (QED) is 0.453. The van der Waals surface area contributed by atoms with Crippen LogP contribution in [0.15, 0.2) is 48.5 Å². The number of hydrogen-bond acceptors (Lipinski definition) is 6. The molecule has 0 saturated carbocycles. The minimum absolute atomic E-state index is 0.249. The molecule has 0 fully saturated rings. The van der Waals surface area contributed by atoms with E-state index in [4.69, 9.17) is 14.2 Å². The van der Waals surface area contributed by atoms with Crippen molar-refractivity contribution in [2.24, 2.45) is 0 Å². The molecule has 33 heavy (non-hydrogen) atoms. The Morgan fingerprint density at radius 3 is 2.33 bits per heavy atom. The number of carbonyl (C=O) groups excluding carboxylic acids is 1. The number of fused-ring (bicyclic) bond motifs is 1. The molecule has 2 aromatic carbocycles. The van der Waals surface area contributed by atoms with Crippen LogP contribution in [0, 0.1) is 13.8 Å². The Hall–Kier alpha value is -4.07. The number of hydrogen-bond donors (Lipinski definition) is 1. The zero-order chi connectivity index (χ0) is 23.5. The van der Waals surface area contributed by atoms with Crippen LogP contribution in [-0.2, 0) is 6.54 Å². The lowest BCUT2D eigenvalue weighted by atomic mass is 10.1. The number of aromatic nitrogens is 3. The molecular formula is C25H26N4O4. The van der Waals surface area contributed by atoms with E-state index in [9.17, 15) is 4.79 Å². The number of aryl methyl sites for hydroxylation is 1. The van der Waals surface area contributed by atoms with Crippen LogP contribution >= 0.6 is 0 Å². The highest BCUT2D eigenvalue weighted by atomic mass is 16.5. The summed E-state index contributed by atoms with van der Waals surface area (Å²) in [6, 6.07) is 14.8. The van der Waals surface area contributed by atoms with Gasteiger partial charge in [0.05, 0.1) is 56.0 Å². The highest BCUT2D eigenvalue weighted by molar-refractivity contribution is 6.13. The third kappa shape index (κ3) is 4.45. The van der Waals surface area contributed by atoms with Gasteiger partial charge < -0.3 is 19.5 Å². The first-order valence-corrected chi connectivity index (χ1v) is 10.4. The van der Waals surface area contributed by atoms with E-state index >= 15 is 0 Å². The number of anilines is 1. The Labute approximate surface area is 192 Å². The summed E-state index contributed by atoms with van der Waals surface area (Å²) >= 11 is 0. The predicted octanol–water partition coefficient (Wildman–Crippen LogP) is 4.37. The molecule has 2 aromatic heterocycles. The average Bonchev–Trinajstić information content (AvgIpc) is 3.09. The fourth-order valence-electron chi connectivity index (χ4n) is 3.79. The van der Waals surface area contributed by atoms with Crippen molar-refractivity contribution in [2.45, 2.75) is 20.4 Å². The Bertz CT molecular complexity index is 1310. The maximum Gasteiger partial charge on any atom is 0.256 e. The minimum atomic E-state index is -0.249. The van der Waals surface area contributed by atoms with E-state index in [2.05, 4.69) is 15.4 Å². The Morgan fingerprint density at radius 2 is 1.67 bits per heavy atom. The molecule has 0 radical (unpaired) electrons. The normalized spacial score (nSPS) is 10.8. The second-order valence-corrected chi connectivity index (χ2v) is 7.61. The van der Waals surface area contributed by atoms with Crippen LogP contribution in [0.25, 0.3) is 10.9 Å². The summed E-state index contributed by atoms with van der Waals surface area (Å²) in [6.07, 6.45) is 0. The third-order valence-corrected chi connectivity index (χ3v) is 5.51. The summed E-state index contributed by atoms with van der Waals surface area (Å²) in [6.45, 7) is 4.30. The Balaban J connectivity index is 1.65. The number of carbonyl (C=O) groups is 1. The third-order valence-electron chi connectivity index (χ3n) is 5.51. The van der Waals surface area contributed by atoms with E-state index < -0.39 is 0 Å². The van der Waals surface area contributed by atoms with Gasteiger partial charge in [0.25, 0.3) is 5.91 Å². The van der Waals surface area contributed by atoms with Crippen molar-refractivity contribution >= 4 is 22.5 Å². The summed E-state index contributed by atoms with van der Waals surface area (Å²) in [5.41, 5.74) is 4.39. The zero-order valence-corrected chi connectivity index (χ0v) is 19.3. The number of nitrogens with one attached hydrogen (secondary N) is 1. The fraction of sp³-hybridized carbons (Fsp3) is 0.240. The van der Waals surface area contributed by atoms with Gasteiger partial charge in [-0.2, -0.15) is 5.10 Å². The summed E-state index contributed by atoms with van der Waals surface area (Å²) < 4.78 is 17.9. The molecule has 2 heterocycles. The van der Waals surface area contributed by atoms with Crippen molar-refractivity contribution in [3.63, 3.8) is 0 Å². The van der Waals surface area contributed by atoms with Crippen LogP contribution in [0.3, 0.4) is 0 Å². The molecule has 1 amide bonds. The number of ether oxygens (including phenoxy) is 3. The van der Waals surface area contributed by atoms with E-state index in [1.807, 2.05) is 61.0 Å². The number of pyridine rings is 1. The van der Waals surface area contributed by atoms with Crippen LogP contribution in [0.1, 0.15) is 27.3 Å². The standard InChI is InChI=1S/C25H26N4O4/c1-15-24(16(2)29(28-15)14-17-10-18(31-3)12-19(11-17)32-4)27-25(30)21-13-23(33-5)26-22-9-7-6-8-20(21)22/h6-13H,14H2,1-5H3,(H,27,30). The van der Waals surface area contributed by atoms with E-state index in [0.717, 1.165) is 22.3 Å². The van der Waals surface area contributed by atoms with Crippen molar-refractivity contribution < 1.29 is 19.0 Å². The molecule has 0 saturated heterocycles. The SMILES string of the molecule is COc1cc(Cn2nc(C)c(NC(=O)c3cc(OC)nc4ccccc34)c2C)cc(OC)c1. The van der Waals surface area contributed by atoms with Crippen LogP contribution in [-0.4, -0.2) is 42.0 Å². The predicted molar refractivity (Wildman–Crippen MR) is 127 cm³/mol. The molecule has 8 heteroatoms. The molecule has 8 nitrogen and oxygen atoms in total. The van der Waals surface area contributed by atoms with Crippen LogP contribution in [0.5, 0.6) is 17.4 Å². The zero-order valence-electron chi connectivity index (χ0n) is 19.3. The second kappa shape index (κ2) is 9.20. The van der Waals surface area contributed by atoms with Crippen LogP contribution in [0.4, 0.5) is 5.69 Å². The monoisotopic (exact) mass is 446 g/mol. The van der Waals surface area contributed by atoms with Gasteiger partial charge in [0.2, 0.25) is 5.88 Å². The summed E-state index contributed by atoms with van der Waals surface area (Å²) in [7, 11) is 4.77. The van der Waals surface area contributed by atoms with Gasteiger partial charge in [-0.1, -0.05) is 18.2 Å². The lowest BCUT2D eigenvalue weighted by Crippen LogP contribution is -2.14. The number of amides is 1. The number of nitrogens with zero attached hydrogens (tertiary/aromatic N) is 3. The highest BCUT2D eigenvalue weighted by Gasteiger charge is 2.19. The summed E-state index contributed by atoms with van der Waals surface area (Å²) in [4.78, 5) is 17.7. The molecule has 170 valence electrons. The first-order chi connectivity index (χ1) is 15.9. The van der Waals surface area contributed by atoms with Crippen molar-refractivity contribution in [3.05, 3.63) is 71.0 Å². The van der Waals surface area contributed by atoms with Crippen molar-refractivity contribution in [3.8, 4) is 17.4 Å². The highest BCUT2D eigenvalue weighted by Crippen LogP contribution is 2.27. The Morgan fingerprint density at radius 1 is 0.970 bits per heavy atom. The number of rotatable bonds is 7. The van der Waals surface area contributed by atoms with Crippen molar-refractivity contribution in [2.75, 3.05) is 26.6 Å². The van der Waals surface area contributed by atoms with Gasteiger partial charge in [-0.3, -0.25) is 9.48 Å². The van der Waals surface area contributed by atoms with E-state index in [1.54, 1.807) is 20.3 Å². The Kier molecular flexibility index (Phi) is 6.17. The van der Waals surface area contributed by atoms with Crippen LogP contribution < -0.4 is 19.5 Å². The number of benzene rings is 2. The van der Waals surface area contributed by atoms with Crippen molar-refractivity contribution in [1.29, 1.82) is 0 Å². The second-order valence-electron chi connectivity index (χ2n) is 7.61. The van der Waals surface area contributed by atoms with Gasteiger partial charge in [0, 0.05) is 17.5 Å². The molecular weight excluding hydrogens is 420 g/mol. The van der Waals surface area contributed by atoms with Crippen molar-refractivity contribution in [1.82, 2.24) is 14.8 Å². The molecule has 0 unspecified atom stereocenters. The van der Waals surface area contributed by atoms with Gasteiger partial charge in [0.1, 0.15) is 11.5 Å². The lowest BCUT2D eigenvalue weighted by molar-refractivity contribution is 0.102. The topological polar surface area (TPSA) is 87.5 Å². The number of para-hydroxylation sites is 1. The van der Waals surface area contributed by atoms with Gasteiger partial charge in [-0.15, -0.1) is 0 Å². The average molecular weight is 447 g/mol. The smallest absolute Gasteiger partial charge is 0.256 e. The van der Waals surface area contributed by atoms with E-state index in [-0.39, 0.29) is 5.91 Å². The fourth-order valence-corrected chi connectivity index (χ4v) is 3.79. The summed E-state index contributed by atoms with van der Waals surface area (Å²) in [5, 5.41) is 8.43. The van der Waals surface area contributed by atoms with Crippen LogP contribution in [0.2, 0.25) is 0 Å². The largest absolute Gasteiger partial charge is 0.497 e. The van der Waals surface area contributed by atoms with Gasteiger partial charge in [-0.25, -0.2) is 4.98 Å². The lowest BCUT2D eigenvalue weighted by Gasteiger charge is -2.11. The molecule has 0 aliphatic carbocycles. The molecule has 1 N–H and O–H groups in total. The van der Waals surface area contributed by atoms with E-state index in [1.165, 1.54) is 7.11 Å². The molecule has 0 bridgehead atoms.